The van der Waals surface area contributed by atoms with Crippen LogP contribution in [0.2, 0.25) is 0 Å². The van der Waals surface area contributed by atoms with Crippen LogP contribution in [-0.4, -0.2) is 44.4 Å². The number of hydrazine groups is 1. The summed E-state index contributed by atoms with van der Waals surface area (Å²) in [7, 11) is 0.588. The molecular weight excluding hydrogens is 222 g/mol. The predicted octanol–water partition coefficient (Wildman–Crippen LogP) is -0.762. The van der Waals surface area contributed by atoms with E-state index in [4.69, 9.17) is 12.2 Å². The molecule has 1 unspecified atom stereocenters. The number of thiocarbonyl (C=S) groups is 1. The smallest absolute Gasteiger partial charge is 0.181 e. The standard InChI is InChI=1S/C7H13N3O2S2/c1-10(2)9-7(13)8-6-3-4-14(11,12)5-6/h3-4,6H,5H2,1-2H3,(H2,8,9,13). The molecule has 1 heterocycles. The molecule has 1 atom stereocenters. The summed E-state index contributed by atoms with van der Waals surface area (Å²) in [6.45, 7) is 0. The van der Waals surface area contributed by atoms with Crippen LogP contribution in [-0.2, 0) is 9.84 Å². The van der Waals surface area contributed by atoms with Gasteiger partial charge in [0.15, 0.2) is 14.9 Å². The molecule has 14 heavy (non-hydrogen) atoms. The van der Waals surface area contributed by atoms with Gasteiger partial charge in [0.05, 0.1) is 11.8 Å². The van der Waals surface area contributed by atoms with Crippen LogP contribution in [0.15, 0.2) is 11.5 Å². The highest BCUT2D eigenvalue weighted by molar-refractivity contribution is 7.94. The normalized spacial score (nSPS) is 23.8. The van der Waals surface area contributed by atoms with Gasteiger partial charge in [0.25, 0.3) is 0 Å². The summed E-state index contributed by atoms with van der Waals surface area (Å²) >= 11 is 4.95. The molecule has 2 N–H and O–H groups in total. The molecule has 0 aliphatic carbocycles. The lowest BCUT2D eigenvalue weighted by molar-refractivity contribution is 0.359. The Bertz CT molecular complexity index is 348. The number of nitrogens with one attached hydrogen (secondary N) is 2. The average molecular weight is 235 g/mol. The first kappa shape index (κ1) is 11.4. The molecule has 5 nitrogen and oxygen atoms in total. The van der Waals surface area contributed by atoms with Crippen molar-refractivity contribution in [3.63, 3.8) is 0 Å². The number of sulfone groups is 1. The van der Waals surface area contributed by atoms with Crippen molar-refractivity contribution in [2.24, 2.45) is 0 Å². The maximum atomic E-state index is 11.0. The second kappa shape index (κ2) is 4.24. The maximum Gasteiger partial charge on any atom is 0.181 e. The minimum atomic E-state index is -3.01. The van der Waals surface area contributed by atoms with Crippen LogP contribution in [0.5, 0.6) is 0 Å². The lowest BCUT2D eigenvalue weighted by Gasteiger charge is -2.17. The highest BCUT2D eigenvalue weighted by Crippen LogP contribution is 2.07. The van der Waals surface area contributed by atoms with Gasteiger partial charge in [-0.15, -0.1) is 0 Å². The second-order valence-electron chi connectivity index (χ2n) is 3.24. The van der Waals surface area contributed by atoms with Gasteiger partial charge in [-0.05, 0) is 18.3 Å². The van der Waals surface area contributed by atoms with Crippen molar-refractivity contribution in [2.45, 2.75) is 6.04 Å². The molecule has 0 radical (unpaired) electrons. The summed E-state index contributed by atoms with van der Waals surface area (Å²) in [5.41, 5.74) is 2.82. The van der Waals surface area contributed by atoms with Gasteiger partial charge in [0.2, 0.25) is 0 Å². The third kappa shape index (κ3) is 3.60. The topological polar surface area (TPSA) is 61.4 Å². The van der Waals surface area contributed by atoms with Crippen LogP contribution in [0.3, 0.4) is 0 Å². The Morgan fingerprint density at radius 1 is 1.57 bits per heavy atom. The van der Waals surface area contributed by atoms with E-state index in [1.165, 1.54) is 5.41 Å². The molecule has 0 amide bonds. The van der Waals surface area contributed by atoms with E-state index >= 15 is 0 Å². The van der Waals surface area contributed by atoms with E-state index in [2.05, 4.69) is 10.7 Å². The Labute approximate surface area is 89.0 Å². The Morgan fingerprint density at radius 3 is 2.64 bits per heavy atom. The van der Waals surface area contributed by atoms with Gasteiger partial charge in [-0.3, -0.25) is 5.43 Å². The average Bonchev–Trinajstić information content (AvgIpc) is 2.27. The molecule has 0 bridgehead atoms. The summed E-state index contributed by atoms with van der Waals surface area (Å²) < 4.78 is 22.1. The molecule has 0 aromatic rings. The summed E-state index contributed by atoms with van der Waals surface area (Å²) in [6.07, 6.45) is 1.60. The number of hydrogen-bond acceptors (Lipinski definition) is 4. The monoisotopic (exact) mass is 235 g/mol. The van der Waals surface area contributed by atoms with Crippen molar-refractivity contribution >= 4 is 27.2 Å². The first-order chi connectivity index (χ1) is 6.39. The molecule has 0 saturated heterocycles. The molecule has 1 aliphatic heterocycles. The Kier molecular flexibility index (Phi) is 3.46. The van der Waals surface area contributed by atoms with E-state index in [1.807, 2.05) is 0 Å². The first-order valence-corrected chi connectivity index (χ1v) is 6.17. The van der Waals surface area contributed by atoms with Crippen molar-refractivity contribution in [1.29, 1.82) is 0 Å². The van der Waals surface area contributed by atoms with Crippen LogP contribution in [0.25, 0.3) is 0 Å². The lowest BCUT2D eigenvalue weighted by atomic mass is 10.3. The van der Waals surface area contributed by atoms with Crippen molar-refractivity contribution in [3.8, 4) is 0 Å². The number of rotatable bonds is 2. The molecule has 1 aliphatic rings. The largest absolute Gasteiger partial charge is 0.354 e. The number of nitrogens with zero attached hydrogens (tertiary/aromatic N) is 1. The van der Waals surface area contributed by atoms with Crippen molar-refractivity contribution in [1.82, 2.24) is 15.8 Å². The van der Waals surface area contributed by atoms with Crippen LogP contribution < -0.4 is 10.7 Å². The zero-order valence-corrected chi connectivity index (χ0v) is 9.65. The quantitative estimate of drug-likeness (QED) is 0.484. The van der Waals surface area contributed by atoms with Crippen LogP contribution in [0, 0.1) is 0 Å². The fourth-order valence-electron chi connectivity index (χ4n) is 1.07. The van der Waals surface area contributed by atoms with E-state index in [9.17, 15) is 8.42 Å². The molecule has 0 spiro atoms. The van der Waals surface area contributed by atoms with Crippen molar-refractivity contribution in [2.75, 3.05) is 19.8 Å². The Hall–Kier alpha value is -0.660. The first-order valence-electron chi connectivity index (χ1n) is 4.04. The molecule has 0 aromatic carbocycles. The van der Waals surface area contributed by atoms with E-state index < -0.39 is 9.84 Å². The van der Waals surface area contributed by atoms with Gasteiger partial charge in [-0.25, -0.2) is 13.4 Å². The summed E-state index contributed by atoms with van der Waals surface area (Å²) in [4.78, 5) is 0. The van der Waals surface area contributed by atoms with Crippen molar-refractivity contribution < 1.29 is 8.42 Å². The Morgan fingerprint density at radius 2 is 2.21 bits per heavy atom. The highest BCUT2D eigenvalue weighted by atomic mass is 32.2. The fraction of sp³-hybridized carbons (Fsp3) is 0.571. The minimum absolute atomic E-state index is 0.0717. The van der Waals surface area contributed by atoms with Gasteiger partial charge < -0.3 is 5.32 Å². The minimum Gasteiger partial charge on any atom is -0.354 e. The Balaban J connectivity index is 2.41. The summed E-state index contributed by atoms with van der Waals surface area (Å²) in [5, 5.41) is 6.19. The molecule has 0 saturated carbocycles. The zero-order chi connectivity index (χ0) is 10.8. The number of hydrogen-bond donors (Lipinski definition) is 2. The third-order valence-electron chi connectivity index (χ3n) is 1.57. The van der Waals surface area contributed by atoms with Gasteiger partial charge >= 0.3 is 0 Å². The van der Waals surface area contributed by atoms with Gasteiger partial charge in [-0.1, -0.05) is 0 Å². The van der Waals surface area contributed by atoms with Crippen LogP contribution >= 0.6 is 12.2 Å². The van der Waals surface area contributed by atoms with Crippen LogP contribution in [0.1, 0.15) is 0 Å². The third-order valence-corrected chi connectivity index (χ3v) is 3.18. The summed E-state index contributed by atoms with van der Waals surface area (Å²) in [5.74, 6) is 0.0717. The fourth-order valence-corrected chi connectivity index (χ4v) is 2.64. The van der Waals surface area contributed by atoms with Gasteiger partial charge in [0, 0.05) is 19.5 Å². The van der Waals surface area contributed by atoms with E-state index in [0.29, 0.717) is 5.11 Å². The predicted molar refractivity (Wildman–Crippen MR) is 59.3 cm³/mol. The second-order valence-corrected chi connectivity index (χ2v) is 5.58. The SMILES string of the molecule is CN(C)NC(=S)NC1C=CS(=O)(=O)C1. The van der Waals surface area contributed by atoms with E-state index in [-0.39, 0.29) is 11.8 Å². The zero-order valence-electron chi connectivity index (χ0n) is 8.02. The lowest BCUT2D eigenvalue weighted by Crippen LogP contribution is -2.47. The van der Waals surface area contributed by atoms with Crippen molar-refractivity contribution in [3.05, 3.63) is 11.5 Å². The molecule has 1 rings (SSSR count). The van der Waals surface area contributed by atoms with E-state index in [1.54, 1.807) is 25.2 Å². The molecule has 0 aromatic heterocycles. The highest BCUT2D eigenvalue weighted by Gasteiger charge is 2.21. The maximum absolute atomic E-state index is 11.0. The molecule has 7 heteroatoms. The van der Waals surface area contributed by atoms with Gasteiger partial charge in [0.1, 0.15) is 0 Å². The molecular formula is C7H13N3O2S2. The molecule has 0 fully saturated rings. The van der Waals surface area contributed by atoms with E-state index in [0.717, 1.165) is 0 Å². The van der Waals surface area contributed by atoms with Crippen LogP contribution in [0.4, 0.5) is 0 Å². The summed E-state index contributed by atoms with van der Waals surface area (Å²) in [6, 6.07) is -0.222. The van der Waals surface area contributed by atoms with Gasteiger partial charge in [-0.2, -0.15) is 0 Å². The molecule has 80 valence electrons.